The molecule has 0 radical (unpaired) electrons. The standard InChI is InChI=1S/C33H42N6O3/c1-5-9-15-28-27(31(40)38-21-12-16-29(39(28)38)33(6-2,7-3)32(41)42-8-4)22-23-17-19-24(20-18-23)25-13-10-11-14-26(25)30-34-36-37-35-30/h10-11,13-14,17-20,29H,5-9,12,15-16,21-22H2,1-4H3,(H,34,35,36,37). The van der Waals surface area contributed by atoms with Gasteiger partial charge in [0.15, 0.2) is 5.82 Å². The number of nitrogens with zero attached hydrogens (tertiary/aromatic N) is 5. The van der Waals surface area contributed by atoms with Crippen LogP contribution in [0.15, 0.2) is 53.3 Å². The van der Waals surface area contributed by atoms with Crippen molar-refractivity contribution in [1.82, 2.24) is 30.0 Å². The quantitative estimate of drug-likeness (QED) is 0.205. The Bertz CT molecular complexity index is 1550. The van der Waals surface area contributed by atoms with Crippen molar-refractivity contribution in [3.8, 4) is 22.5 Å². The van der Waals surface area contributed by atoms with Crippen molar-refractivity contribution < 1.29 is 9.53 Å². The predicted molar refractivity (Wildman–Crippen MR) is 163 cm³/mol. The molecule has 1 aliphatic heterocycles. The van der Waals surface area contributed by atoms with Crippen LogP contribution in [0.5, 0.6) is 0 Å². The van der Waals surface area contributed by atoms with Gasteiger partial charge in [-0.2, -0.15) is 0 Å². The van der Waals surface area contributed by atoms with Gasteiger partial charge in [0, 0.05) is 29.8 Å². The molecule has 2 aromatic heterocycles. The van der Waals surface area contributed by atoms with Gasteiger partial charge >= 0.3 is 5.97 Å². The van der Waals surface area contributed by atoms with Crippen LogP contribution in [0.3, 0.4) is 0 Å². The van der Waals surface area contributed by atoms with Crippen LogP contribution in [0.4, 0.5) is 0 Å². The van der Waals surface area contributed by atoms with Crippen molar-refractivity contribution in [3.05, 3.63) is 75.7 Å². The van der Waals surface area contributed by atoms with E-state index in [0.717, 1.165) is 65.6 Å². The van der Waals surface area contributed by atoms with E-state index in [1.807, 2.05) is 29.8 Å². The Balaban J connectivity index is 1.53. The summed E-state index contributed by atoms with van der Waals surface area (Å²) in [6.07, 6.45) is 6.47. The fraction of sp³-hybridized carbons (Fsp3) is 0.485. The highest BCUT2D eigenvalue weighted by molar-refractivity contribution is 5.80. The van der Waals surface area contributed by atoms with E-state index in [1.165, 1.54) is 0 Å². The summed E-state index contributed by atoms with van der Waals surface area (Å²) in [4.78, 5) is 27.5. The highest BCUT2D eigenvalue weighted by Crippen LogP contribution is 2.45. The Kier molecular flexibility index (Phi) is 9.04. The molecular weight excluding hydrogens is 528 g/mol. The second kappa shape index (κ2) is 12.9. The van der Waals surface area contributed by atoms with Crippen molar-refractivity contribution in [2.75, 3.05) is 6.61 Å². The number of esters is 1. The van der Waals surface area contributed by atoms with Gasteiger partial charge in [0.25, 0.3) is 5.56 Å². The number of H-pyrrole nitrogens is 1. The van der Waals surface area contributed by atoms with E-state index in [0.29, 0.717) is 38.2 Å². The summed E-state index contributed by atoms with van der Waals surface area (Å²) in [7, 11) is 0. The zero-order valence-electron chi connectivity index (χ0n) is 25.2. The molecule has 0 amide bonds. The van der Waals surface area contributed by atoms with Crippen LogP contribution < -0.4 is 5.56 Å². The van der Waals surface area contributed by atoms with E-state index in [1.54, 1.807) is 0 Å². The van der Waals surface area contributed by atoms with Gasteiger partial charge in [-0.3, -0.25) is 14.3 Å². The van der Waals surface area contributed by atoms with Gasteiger partial charge in [0.2, 0.25) is 0 Å². The number of hydrogen-bond donors (Lipinski definition) is 1. The largest absolute Gasteiger partial charge is 0.466 e. The molecule has 2 aromatic carbocycles. The highest BCUT2D eigenvalue weighted by atomic mass is 16.5. The van der Waals surface area contributed by atoms with Crippen molar-refractivity contribution >= 4 is 5.97 Å². The fourth-order valence-electron chi connectivity index (χ4n) is 6.72. The molecule has 0 fully saturated rings. The van der Waals surface area contributed by atoms with E-state index in [2.05, 4.69) is 76.4 Å². The van der Waals surface area contributed by atoms with Gasteiger partial charge in [-0.25, -0.2) is 9.78 Å². The van der Waals surface area contributed by atoms with Crippen LogP contribution in [0, 0.1) is 5.41 Å². The zero-order chi connectivity index (χ0) is 29.7. The van der Waals surface area contributed by atoms with Crippen molar-refractivity contribution in [3.63, 3.8) is 0 Å². The Morgan fingerprint density at radius 3 is 2.43 bits per heavy atom. The van der Waals surface area contributed by atoms with Gasteiger partial charge in [0.05, 0.1) is 18.1 Å². The number of fused-ring (bicyclic) bond motifs is 1. The molecule has 9 heteroatoms. The first-order valence-electron chi connectivity index (χ1n) is 15.4. The van der Waals surface area contributed by atoms with E-state index in [-0.39, 0.29) is 17.6 Å². The summed E-state index contributed by atoms with van der Waals surface area (Å²) in [6, 6.07) is 16.3. The van der Waals surface area contributed by atoms with Gasteiger partial charge in [-0.15, -0.1) is 5.10 Å². The lowest BCUT2D eigenvalue weighted by Crippen LogP contribution is -2.45. The summed E-state index contributed by atoms with van der Waals surface area (Å²) >= 11 is 0. The van der Waals surface area contributed by atoms with Gasteiger partial charge in [-0.05, 0) is 72.6 Å². The smallest absolute Gasteiger partial charge is 0.314 e. The van der Waals surface area contributed by atoms with E-state index in [4.69, 9.17) is 4.74 Å². The number of carbonyl (C=O) groups excluding carboxylic acids is 1. The number of benzene rings is 2. The maximum absolute atomic E-state index is 14.0. The minimum absolute atomic E-state index is 0.0722. The maximum Gasteiger partial charge on any atom is 0.314 e. The molecule has 1 atom stereocenters. The van der Waals surface area contributed by atoms with Gasteiger partial charge in [-0.1, -0.05) is 75.7 Å². The molecule has 0 saturated carbocycles. The second-order valence-electron chi connectivity index (χ2n) is 11.2. The highest BCUT2D eigenvalue weighted by Gasteiger charge is 2.47. The van der Waals surface area contributed by atoms with Crippen molar-refractivity contribution in [1.29, 1.82) is 0 Å². The fourth-order valence-corrected chi connectivity index (χ4v) is 6.72. The summed E-state index contributed by atoms with van der Waals surface area (Å²) < 4.78 is 9.78. The molecule has 42 heavy (non-hydrogen) atoms. The Morgan fingerprint density at radius 1 is 1.05 bits per heavy atom. The first-order valence-corrected chi connectivity index (χ1v) is 15.4. The minimum Gasteiger partial charge on any atom is -0.466 e. The average molecular weight is 571 g/mol. The van der Waals surface area contributed by atoms with E-state index in [9.17, 15) is 9.59 Å². The van der Waals surface area contributed by atoms with Gasteiger partial charge < -0.3 is 4.74 Å². The number of aromatic nitrogens is 6. The molecule has 1 N–H and O–H groups in total. The number of aromatic amines is 1. The lowest BCUT2D eigenvalue weighted by atomic mass is 9.73. The first-order chi connectivity index (χ1) is 20.5. The molecular formula is C33H42N6O3. The van der Waals surface area contributed by atoms with Crippen molar-refractivity contribution in [2.24, 2.45) is 5.41 Å². The molecule has 4 aromatic rings. The monoisotopic (exact) mass is 570 g/mol. The van der Waals surface area contributed by atoms with Gasteiger partial charge in [0.1, 0.15) is 0 Å². The minimum atomic E-state index is -0.657. The Morgan fingerprint density at radius 2 is 1.79 bits per heavy atom. The number of carbonyl (C=O) groups is 1. The molecule has 0 bridgehead atoms. The topological polar surface area (TPSA) is 108 Å². The third-order valence-electron chi connectivity index (χ3n) is 9.04. The summed E-state index contributed by atoms with van der Waals surface area (Å²) in [5, 5.41) is 14.4. The normalized spacial score (nSPS) is 15.0. The maximum atomic E-state index is 14.0. The molecule has 1 unspecified atom stereocenters. The summed E-state index contributed by atoms with van der Waals surface area (Å²) in [5.74, 6) is 0.477. The molecule has 0 spiro atoms. The third kappa shape index (κ3) is 5.32. The number of ether oxygens (including phenoxy) is 1. The predicted octanol–water partition coefficient (Wildman–Crippen LogP) is 6.13. The Hall–Kier alpha value is -4.01. The lowest BCUT2D eigenvalue weighted by molar-refractivity contribution is -0.160. The number of rotatable bonds is 12. The summed E-state index contributed by atoms with van der Waals surface area (Å²) in [5.41, 5.74) is 5.43. The number of nitrogens with one attached hydrogen (secondary N) is 1. The number of unbranched alkanes of at least 4 members (excludes halogenated alkanes) is 1. The molecule has 5 rings (SSSR count). The third-order valence-corrected chi connectivity index (χ3v) is 9.04. The molecule has 0 saturated heterocycles. The number of hydrogen-bond acceptors (Lipinski definition) is 6. The van der Waals surface area contributed by atoms with E-state index >= 15 is 0 Å². The molecule has 1 aliphatic rings. The van der Waals surface area contributed by atoms with E-state index < -0.39 is 5.41 Å². The van der Waals surface area contributed by atoms with Crippen molar-refractivity contribution in [2.45, 2.75) is 91.6 Å². The second-order valence-corrected chi connectivity index (χ2v) is 11.2. The molecule has 0 aliphatic carbocycles. The van der Waals surface area contributed by atoms with Crippen LogP contribution in [0.1, 0.15) is 89.1 Å². The summed E-state index contributed by atoms with van der Waals surface area (Å²) in [6.45, 7) is 9.22. The van der Waals surface area contributed by atoms with Crippen LogP contribution in [-0.2, 0) is 28.9 Å². The average Bonchev–Trinajstić information content (AvgIpc) is 3.65. The number of tetrazole rings is 1. The Labute approximate surface area is 247 Å². The van der Waals surface area contributed by atoms with Crippen LogP contribution in [-0.4, -0.2) is 42.6 Å². The van der Waals surface area contributed by atoms with Crippen LogP contribution in [0.25, 0.3) is 22.5 Å². The molecule has 222 valence electrons. The SMILES string of the molecule is CCCCc1c(Cc2ccc(-c3ccccc3-c3nnn[nH]3)cc2)c(=O)n2n1C(C(CC)(CC)C(=O)OCC)CCC2. The zero-order valence-corrected chi connectivity index (χ0v) is 25.2. The van der Waals surface area contributed by atoms with Crippen LogP contribution >= 0.6 is 0 Å². The lowest BCUT2D eigenvalue weighted by Gasteiger charge is -2.42. The van der Waals surface area contributed by atoms with Crippen LogP contribution in [0.2, 0.25) is 0 Å². The molecule has 3 heterocycles. The molecule has 9 nitrogen and oxygen atoms in total. The first kappa shape index (κ1) is 29.5.